The summed E-state index contributed by atoms with van der Waals surface area (Å²) in [6.45, 7) is 4.57. The molecule has 3 amide bonds. The van der Waals surface area contributed by atoms with Crippen LogP contribution in [0.25, 0.3) is 16.6 Å². The predicted octanol–water partition coefficient (Wildman–Crippen LogP) is 5.62. The van der Waals surface area contributed by atoms with Gasteiger partial charge in [-0.15, -0.1) is 0 Å². The molecule has 5 aromatic rings. The van der Waals surface area contributed by atoms with E-state index in [1.165, 1.54) is 10.7 Å². The molecular weight excluding hydrogens is 789 g/mol. The smallest absolute Gasteiger partial charge is 0.284 e. The minimum Gasteiger partial charge on any atom is -0.464 e. The van der Waals surface area contributed by atoms with Crippen LogP contribution in [0.5, 0.6) is 0 Å². The molecule has 15 nitrogen and oxygen atoms in total. The summed E-state index contributed by atoms with van der Waals surface area (Å²) in [6.07, 6.45) is 10.9. The van der Waals surface area contributed by atoms with Crippen LogP contribution in [-0.4, -0.2) is 105 Å². The molecule has 0 unspecified atom stereocenters. The average Bonchev–Trinajstić information content (AvgIpc) is 4.12. The van der Waals surface area contributed by atoms with E-state index in [0.29, 0.717) is 43.2 Å². The van der Waals surface area contributed by atoms with E-state index in [0.717, 1.165) is 93.5 Å². The summed E-state index contributed by atoms with van der Waals surface area (Å²) in [4.78, 5) is 47.0. The van der Waals surface area contributed by atoms with Crippen LogP contribution >= 0.6 is 0 Å². The lowest BCUT2D eigenvalue weighted by Gasteiger charge is -2.36. The molecule has 1 saturated carbocycles. The number of nitrogens with zero attached hydrogens (tertiary/aromatic N) is 7. The fraction of sp³-hybridized carbons (Fsp3) is 0.500. The molecule has 3 atom stereocenters. The standard InChI is InChI=1S/C44H47F2N9O6/c45-41(46)40-36(48-44(58)34-20-47-54-16-13-38(49-42(34)54)53-22-31-19-29(53)24-60-31)23-55(51-40)28-6-3-27(4-7-28)21-52-14-11-30(12-15-52)59-17-1-2-26-5-9-37-33(18-26)35(25-61-37)32-8-10-39(56)50-43(32)57/h5,9,13,16,18,20,23,25,27-32,41H,3-4,6-8,10-12,14-15,17,19,21-22,24H2,(H,48,58)(H,50,56,57)/t27?,28?,29-,31-,32-/m1/s1. The maximum absolute atomic E-state index is 14.3. The van der Waals surface area contributed by atoms with Gasteiger partial charge < -0.3 is 29.0 Å². The molecule has 10 rings (SSSR count). The van der Waals surface area contributed by atoms with E-state index < -0.39 is 23.9 Å². The topological polar surface area (TPSA) is 161 Å². The van der Waals surface area contributed by atoms with Gasteiger partial charge in [0.05, 0.1) is 55.0 Å². The second-order valence-electron chi connectivity index (χ2n) is 17.0. The number of nitrogens with one attached hydrogen (secondary N) is 2. The SMILES string of the molecule is O=C1CC[C@H](c2coc3ccc(C#CCOC4CCN(CC5CCC(n6cc(NC(=O)c7cnn8ccc(N9C[C@H]%10C[C@@H]9CO%10)nc78)c(C(F)F)n6)CC5)CC4)cc23)C(=O)N1. The zero-order valence-corrected chi connectivity index (χ0v) is 33.6. The lowest BCUT2D eigenvalue weighted by molar-refractivity contribution is -0.134. The first-order valence-electron chi connectivity index (χ1n) is 21.3. The van der Waals surface area contributed by atoms with E-state index in [1.807, 2.05) is 24.3 Å². The molecule has 2 bridgehead atoms. The van der Waals surface area contributed by atoms with Crippen LogP contribution in [-0.2, 0) is 19.1 Å². The van der Waals surface area contributed by atoms with Crippen LogP contribution in [0.2, 0.25) is 0 Å². The number of aromatic nitrogens is 5. The van der Waals surface area contributed by atoms with Crippen LogP contribution in [0, 0.1) is 17.8 Å². The van der Waals surface area contributed by atoms with E-state index in [4.69, 9.17) is 18.9 Å². The van der Waals surface area contributed by atoms with Crippen molar-refractivity contribution >= 4 is 45.8 Å². The molecule has 0 spiro atoms. The van der Waals surface area contributed by atoms with Gasteiger partial charge in [0, 0.05) is 61.5 Å². The van der Waals surface area contributed by atoms with Gasteiger partial charge in [0.25, 0.3) is 12.3 Å². The van der Waals surface area contributed by atoms with Gasteiger partial charge in [-0.1, -0.05) is 11.8 Å². The second kappa shape index (κ2) is 16.6. The van der Waals surface area contributed by atoms with E-state index in [9.17, 15) is 23.2 Å². The summed E-state index contributed by atoms with van der Waals surface area (Å²) in [7, 11) is 0. The zero-order valence-electron chi connectivity index (χ0n) is 33.6. The number of piperidine rings is 2. The highest BCUT2D eigenvalue weighted by molar-refractivity contribution is 6.08. The summed E-state index contributed by atoms with van der Waals surface area (Å²) < 4.78 is 49.2. The quantitative estimate of drug-likeness (QED) is 0.133. The van der Waals surface area contributed by atoms with Crippen molar-refractivity contribution in [3.05, 3.63) is 71.5 Å². The van der Waals surface area contributed by atoms with Crippen molar-refractivity contribution in [3.63, 3.8) is 0 Å². The van der Waals surface area contributed by atoms with E-state index in [1.54, 1.807) is 23.3 Å². The third-order valence-corrected chi connectivity index (χ3v) is 13.1. The highest BCUT2D eigenvalue weighted by Gasteiger charge is 2.40. The van der Waals surface area contributed by atoms with Gasteiger partial charge >= 0.3 is 0 Å². The zero-order chi connectivity index (χ0) is 41.6. The molecule has 4 saturated heterocycles. The number of furan rings is 1. The minimum atomic E-state index is -2.85. The number of hydrogen-bond donors (Lipinski definition) is 2. The number of anilines is 2. The lowest BCUT2D eigenvalue weighted by atomic mass is 9.85. The van der Waals surface area contributed by atoms with Crippen molar-refractivity contribution in [1.82, 2.24) is 34.6 Å². The van der Waals surface area contributed by atoms with Crippen molar-refractivity contribution in [2.45, 2.75) is 94.4 Å². The normalized spacial score (nSPS) is 24.8. The number of fused-ring (bicyclic) bond motifs is 4. The van der Waals surface area contributed by atoms with E-state index in [2.05, 4.69) is 42.5 Å². The number of alkyl halides is 2. The molecule has 4 aliphatic heterocycles. The fourth-order valence-corrected chi connectivity index (χ4v) is 9.80. The molecule has 4 aromatic heterocycles. The highest BCUT2D eigenvalue weighted by atomic mass is 19.3. The number of amides is 3. The maximum Gasteiger partial charge on any atom is 0.284 e. The van der Waals surface area contributed by atoms with Gasteiger partial charge in [-0.2, -0.15) is 10.2 Å². The molecule has 5 fully saturated rings. The highest BCUT2D eigenvalue weighted by Crippen LogP contribution is 2.37. The summed E-state index contributed by atoms with van der Waals surface area (Å²) in [5, 5.41) is 14.5. The first kappa shape index (κ1) is 39.4. The van der Waals surface area contributed by atoms with Gasteiger partial charge in [0.1, 0.15) is 23.6 Å². The lowest BCUT2D eigenvalue weighted by Crippen LogP contribution is -2.40. The molecule has 1 aliphatic carbocycles. The summed E-state index contributed by atoms with van der Waals surface area (Å²) in [6, 6.07) is 7.74. The van der Waals surface area contributed by atoms with Crippen molar-refractivity contribution in [1.29, 1.82) is 0 Å². The minimum absolute atomic E-state index is 0.000852. The molecule has 318 valence electrons. The van der Waals surface area contributed by atoms with Gasteiger partial charge in [-0.3, -0.25) is 24.4 Å². The van der Waals surface area contributed by atoms with Crippen LogP contribution in [0.1, 0.15) is 103 Å². The third-order valence-electron chi connectivity index (χ3n) is 13.1. The molecule has 1 aromatic carbocycles. The number of carbonyl (C=O) groups excluding carboxylic acids is 3. The van der Waals surface area contributed by atoms with E-state index in [-0.39, 0.29) is 47.4 Å². The van der Waals surface area contributed by atoms with Crippen LogP contribution in [0.15, 0.2) is 53.5 Å². The van der Waals surface area contributed by atoms with Gasteiger partial charge in [0.15, 0.2) is 11.3 Å². The number of carbonyl (C=O) groups is 3. The Bertz CT molecular complexity index is 2530. The number of morpholine rings is 1. The Labute approximate surface area is 350 Å². The maximum atomic E-state index is 14.3. The van der Waals surface area contributed by atoms with Gasteiger partial charge in [-0.05, 0) is 81.5 Å². The Balaban J connectivity index is 0.687. The fourth-order valence-electron chi connectivity index (χ4n) is 9.80. The van der Waals surface area contributed by atoms with Crippen molar-refractivity contribution in [3.8, 4) is 11.8 Å². The number of rotatable bonds is 10. The number of halogens is 2. The van der Waals surface area contributed by atoms with Crippen molar-refractivity contribution in [2.24, 2.45) is 5.92 Å². The molecule has 8 heterocycles. The Kier molecular flexibility index (Phi) is 10.8. The molecular formula is C44H47F2N9O6. The Morgan fingerprint density at radius 1 is 1.07 bits per heavy atom. The molecule has 61 heavy (non-hydrogen) atoms. The first-order valence-corrected chi connectivity index (χ1v) is 21.3. The number of likely N-dealkylation sites (tertiary alicyclic amines) is 1. The Morgan fingerprint density at radius 3 is 2.69 bits per heavy atom. The summed E-state index contributed by atoms with van der Waals surface area (Å²) in [5.74, 6) is 6.02. The van der Waals surface area contributed by atoms with Gasteiger partial charge in [-0.25, -0.2) is 18.3 Å². The summed E-state index contributed by atoms with van der Waals surface area (Å²) in [5.41, 5.74) is 2.36. The molecule has 5 aliphatic rings. The number of ether oxygens (including phenoxy) is 2. The molecule has 17 heteroatoms. The van der Waals surface area contributed by atoms with E-state index >= 15 is 0 Å². The Hall–Kier alpha value is -5.70. The van der Waals surface area contributed by atoms with Crippen LogP contribution < -0.4 is 15.5 Å². The van der Waals surface area contributed by atoms with Crippen LogP contribution in [0.4, 0.5) is 20.3 Å². The van der Waals surface area contributed by atoms with Crippen molar-refractivity contribution < 1.29 is 37.1 Å². The third kappa shape index (κ3) is 8.11. The largest absolute Gasteiger partial charge is 0.464 e. The number of imide groups is 1. The van der Waals surface area contributed by atoms with Crippen LogP contribution in [0.3, 0.4) is 0 Å². The van der Waals surface area contributed by atoms with Crippen molar-refractivity contribution in [2.75, 3.05) is 49.6 Å². The average molecular weight is 836 g/mol. The Morgan fingerprint density at radius 2 is 1.92 bits per heavy atom. The second-order valence-corrected chi connectivity index (χ2v) is 17.0. The summed E-state index contributed by atoms with van der Waals surface area (Å²) >= 11 is 0. The number of benzene rings is 1. The van der Waals surface area contributed by atoms with Gasteiger partial charge in [0.2, 0.25) is 11.8 Å². The first-order chi connectivity index (χ1) is 29.7. The predicted molar refractivity (Wildman–Crippen MR) is 218 cm³/mol. The molecule has 2 N–H and O–H groups in total. The number of hydrogen-bond acceptors (Lipinski definition) is 11. The molecule has 0 radical (unpaired) electrons. The monoisotopic (exact) mass is 835 g/mol.